The van der Waals surface area contributed by atoms with Crippen LogP contribution < -0.4 is 10.6 Å². The Kier molecular flexibility index (Phi) is 5.99. The number of para-hydroxylation sites is 2. The third-order valence-corrected chi connectivity index (χ3v) is 4.51. The van der Waals surface area contributed by atoms with Gasteiger partial charge >= 0.3 is 0 Å². The second-order valence-electron chi connectivity index (χ2n) is 6.82. The van der Waals surface area contributed by atoms with Crippen molar-refractivity contribution < 1.29 is 9.59 Å². The maximum absolute atomic E-state index is 12.8. The van der Waals surface area contributed by atoms with Crippen LogP contribution in [0.5, 0.6) is 0 Å². The van der Waals surface area contributed by atoms with Gasteiger partial charge in [-0.3, -0.25) is 9.59 Å². The molecule has 146 valence electrons. The van der Waals surface area contributed by atoms with Crippen LogP contribution in [0.15, 0.2) is 42.5 Å². The summed E-state index contributed by atoms with van der Waals surface area (Å²) in [5.41, 5.74) is 2.51. The Balaban J connectivity index is 1.86. The largest absolute Gasteiger partial charge is 0.350 e. The number of nitrogens with zero attached hydrogens (tertiary/aromatic N) is 2. The van der Waals surface area contributed by atoms with Crippen LogP contribution in [0, 0.1) is 0 Å². The molecule has 0 spiro atoms. The number of rotatable bonds is 6. The average molecular weight is 399 g/mol. The molecule has 2 amide bonds. The standard InChI is InChI=1S/C21H23ClN4O2/c1-4-19-24-16-7-5-6-8-18(16)26(19)12-20(27)25-17-11-14(22)9-10-15(17)21(28)23-13(2)3/h5-11,13H,4,12H2,1-3H3,(H,23,28)(H,25,27). The Morgan fingerprint density at radius 1 is 1.18 bits per heavy atom. The number of imidazole rings is 1. The highest BCUT2D eigenvalue weighted by molar-refractivity contribution is 6.31. The first-order valence-electron chi connectivity index (χ1n) is 9.23. The summed E-state index contributed by atoms with van der Waals surface area (Å²) in [6, 6.07) is 12.5. The molecule has 3 aromatic rings. The molecule has 0 aliphatic carbocycles. The van der Waals surface area contributed by atoms with E-state index in [0.717, 1.165) is 16.9 Å². The van der Waals surface area contributed by atoms with E-state index in [-0.39, 0.29) is 24.4 Å². The molecule has 0 saturated heterocycles. The lowest BCUT2D eigenvalue weighted by Gasteiger charge is -2.14. The van der Waals surface area contributed by atoms with Gasteiger partial charge in [0.05, 0.1) is 22.3 Å². The molecule has 0 bridgehead atoms. The highest BCUT2D eigenvalue weighted by atomic mass is 35.5. The van der Waals surface area contributed by atoms with E-state index < -0.39 is 0 Å². The Morgan fingerprint density at radius 3 is 2.64 bits per heavy atom. The summed E-state index contributed by atoms with van der Waals surface area (Å²) in [7, 11) is 0. The highest BCUT2D eigenvalue weighted by Gasteiger charge is 2.17. The zero-order valence-electron chi connectivity index (χ0n) is 16.1. The number of hydrogen-bond acceptors (Lipinski definition) is 3. The number of nitrogens with one attached hydrogen (secondary N) is 2. The number of benzene rings is 2. The summed E-state index contributed by atoms with van der Waals surface area (Å²) in [6.45, 7) is 5.85. The summed E-state index contributed by atoms with van der Waals surface area (Å²) in [5.74, 6) is 0.322. The fourth-order valence-electron chi connectivity index (χ4n) is 3.06. The van der Waals surface area contributed by atoms with E-state index in [1.165, 1.54) is 0 Å². The minimum atomic E-state index is -0.260. The van der Waals surface area contributed by atoms with Gasteiger partial charge in [0, 0.05) is 17.5 Å². The first-order chi connectivity index (χ1) is 13.4. The van der Waals surface area contributed by atoms with E-state index in [0.29, 0.717) is 22.7 Å². The van der Waals surface area contributed by atoms with Gasteiger partial charge in [-0.15, -0.1) is 0 Å². The van der Waals surface area contributed by atoms with E-state index >= 15 is 0 Å². The highest BCUT2D eigenvalue weighted by Crippen LogP contribution is 2.22. The van der Waals surface area contributed by atoms with Crippen LogP contribution in [0.1, 0.15) is 37.0 Å². The molecule has 0 radical (unpaired) electrons. The number of hydrogen-bond donors (Lipinski definition) is 2. The molecule has 0 aliphatic heterocycles. The lowest BCUT2D eigenvalue weighted by atomic mass is 10.1. The van der Waals surface area contributed by atoms with E-state index in [9.17, 15) is 9.59 Å². The number of amides is 2. The molecule has 2 N–H and O–H groups in total. The van der Waals surface area contributed by atoms with Crippen molar-refractivity contribution in [2.45, 2.75) is 39.8 Å². The lowest BCUT2D eigenvalue weighted by molar-refractivity contribution is -0.116. The minimum absolute atomic E-state index is 0.0174. The minimum Gasteiger partial charge on any atom is -0.350 e. The van der Waals surface area contributed by atoms with Gasteiger partial charge < -0.3 is 15.2 Å². The fraction of sp³-hybridized carbons (Fsp3) is 0.286. The fourth-order valence-corrected chi connectivity index (χ4v) is 3.24. The monoisotopic (exact) mass is 398 g/mol. The summed E-state index contributed by atoms with van der Waals surface area (Å²) in [6.07, 6.45) is 0.709. The molecule has 1 heterocycles. The molecule has 0 saturated carbocycles. The van der Waals surface area contributed by atoms with Gasteiger partial charge in [-0.1, -0.05) is 30.7 Å². The summed E-state index contributed by atoms with van der Waals surface area (Å²) in [5, 5.41) is 6.10. The Morgan fingerprint density at radius 2 is 1.93 bits per heavy atom. The third kappa shape index (κ3) is 4.34. The smallest absolute Gasteiger partial charge is 0.253 e. The van der Waals surface area contributed by atoms with Crippen LogP contribution in [0.25, 0.3) is 11.0 Å². The van der Waals surface area contributed by atoms with Crippen LogP contribution in [0.2, 0.25) is 5.02 Å². The molecule has 1 aromatic heterocycles. The maximum Gasteiger partial charge on any atom is 0.253 e. The maximum atomic E-state index is 12.8. The van der Waals surface area contributed by atoms with Crippen LogP contribution in [0.4, 0.5) is 5.69 Å². The predicted molar refractivity (Wildman–Crippen MR) is 112 cm³/mol. The average Bonchev–Trinajstić information content (AvgIpc) is 2.99. The van der Waals surface area contributed by atoms with Crippen molar-refractivity contribution in [3.8, 4) is 0 Å². The Labute approximate surface area is 168 Å². The van der Waals surface area contributed by atoms with E-state index in [4.69, 9.17) is 11.6 Å². The van der Waals surface area contributed by atoms with Crippen molar-refractivity contribution in [3.05, 3.63) is 58.9 Å². The number of carbonyl (C=O) groups is 2. The predicted octanol–water partition coefficient (Wildman–Crippen LogP) is 4.03. The number of halogens is 1. The summed E-state index contributed by atoms with van der Waals surface area (Å²) < 4.78 is 1.89. The molecule has 0 aliphatic rings. The van der Waals surface area contributed by atoms with Crippen LogP contribution in [-0.4, -0.2) is 27.4 Å². The van der Waals surface area contributed by atoms with Crippen molar-refractivity contribution in [2.24, 2.45) is 0 Å². The molecule has 7 heteroatoms. The van der Waals surface area contributed by atoms with Crippen LogP contribution in [0.3, 0.4) is 0 Å². The van der Waals surface area contributed by atoms with Gasteiger partial charge in [-0.2, -0.15) is 0 Å². The normalized spacial score (nSPS) is 11.0. The van der Waals surface area contributed by atoms with E-state index in [1.807, 2.05) is 49.6 Å². The SMILES string of the molecule is CCc1nc2ccccc2n1CC(=O)Nc1cc(Cl)ccc1C(=O)NC(C)C. The molecular formula is C21H23ClN4O2. The molecule has 2 aromatic carbocycles. The van der Waals surface area contributed by atoms with Crippen molar-refractivity contribution in [1.82, 2.24) is 14.9 Å². The van der Waals surface area contributed by atoms with Gasteiger partial charge in [0.15, 0.2) is 0 Å². The molecule has 0 unspecified atom stereocenters. The Hall–Kier alpha value is -2.86. The summed E-state index contributed by atoms with van der Waals surface area (Å²) >= 11 is 6.08. The van der Waals surface area contributed by atoms with Crippen molar-refractivity contribution in [2.75, 3.05) is 5.32 Å². The first kappa shape index (κ1) is 19.9. The van der Waals surface area contributed by atoms with Crippen LogP contribution >= 0.6 is 11.6 Å². The van der Waals surface area contributed by atoms with Crippen molar-refractivity contribution in [1.29, 1.82) is 0 Å². The summed E-state index contributed by atoms with van der Waals surface area (Å²) in [4.78, 5) is 29.8. The van der Waals surface area contributed by atoms with Gasteiger partial charge in [-0.25, -0.2) is 4.98 Å². The molecule has 0 fully saturated rings. The van der Waals surface area contributed by atoms with Gasteiger partial charge in [0.25, 0.3) is 5.91 Å². The number of anilines is 1. The van der Waals surface area contributed by atoms with Crippen molar-refractivity contribution >= 4 is 40.1 Å². The second-order valence-corrected chi connectivity index (χ2v) is 7.26. The Bertz CT molecular complexity index is 1030. The van der Waals surface area contributed by atoms with Gasteiger partial charge in [0.2, 0.25) is 5.91 Å². The molecule has 3 rings (SSSR count). The molecule has 28 heavy (non-hydrogen) atoms. The molecule has 6 nitrogen and oxygen atoms in total. The van der Waals surface area contributed by atoms with E-state index in [1.54, 1.807) is 18.2 Å². The zero-order valence-corrected chi connectivity index (χ0v) is 16.9. The molecule has 0 atom stereocenters. The van der Waals surface area contributed by atoms with Crippen molar-refractivity contribution in [3.63, 3.8) is 0 Å². The van der Waals surface area contributed by atoms with E-state index in [2.05, 4.69) is 15.6 Å². The lowest BCUT2D eigenvalue weighted by Crippen LogP contribution is -2.31. The van der Waals surface area contributed by atoms with Gasteiger partial charge in [-0.05, 0) is 44.2 Å². The first-order valence-corrected chi connectivity index (χ1v) is 9.61. The second kappa shape index (κ2) is 8.44. The van der Waals surface area contributed by atoms with Gasteiger partial charge in [0.1, 0.15) is 12.4 Å². The number of aryl methyl sites for hydroxylation is 1. The van der Waals surface area contributed by atoms with Crippen LogP contribution in [-0.2, 0) is 17.8 Å². The molecular weight excluding hydrogens is 376 g/mol. The number of fused-ring (bicyclic) bond motifs is 1. The quantitative estimate of drug-likeness (QED) is 0.658. The third-order valence-electron chi connectivity index (χ3n) is 4.27. The zero-order chi connectivity index (χ0) is 20.3. The topological polar surface area (TPSA) is 76.0 Å². The number of aromatic nitrogens is 2. The number of carbonyl (C=O) groups excluding carboxylic acids is 2.